The Bertz CT molecular complexity index is 1170. The van der Waals surface area contributed by atoms with Crippen molar-refractivity contribution >= 4 is 52.9 Å². The largest absolute Gasteiger partial charge is 0.492 e. The normalized spacial score (nSPS) is 10.7. The van der Waals surface area contributed by atoms with Gasteiger partial charge < -0.3 is 14.2 Å². The third-order valence-electron chi connectivity index (χ3n) is 4.37. The zero-order valence-corrected chi connectivity index (χ0v) is 20.6. The van der Waals surface area contributed by atoms with Crippen molar-refractivity contribution < 1.29 is 23.8 Å². The first kappa shape index (κ1) is 26.3. The summed E-state index contributed by atoms with van der Waals surface area (Å²) in [5.74, 6) is 0.632. The van der Waals surface area contributed by atoms with Crippen LogP contribution in [0.5, 0.6) is 17.2 Å². The Kier molecular flexibility index (Phi) is 10.2. The van der Waals surface area contributed by atoms with E-state index in [4.69, 9.17) is 49.0 Å². The van der Waals surface area contributed by atoms with Gasteiger partial charge in [-0.15, -0.1) is 0 Å². The highest BCUT2D eigenvalue weighted by molar-refractivity contribution is 6.35. The number of nitrogens with zero attached hydrogens (tertiary/aromatic N) is 1. The van der Waals surface area contributed by atoms with E-state index in [9.17, 15) is 9.59 Å². The molecule has 0 aliphatic heterocycles. The van der Waals surface area contributed by atoms with Crippen LogP contribution in [0.2, 0.25) is 15.1 Å². The zero-order valence-electron chi connectivity index (χ0n) is 18.4. The minimum absolute atomic E-state index is 0.179. The van der Waals surface area contributed by atoms with Gasteiger partial charge in [0.05, 0.1) is 17.8 Å². The maximum atomic E-state index is 12.0. The molecule has 0 bridgehead atoms. The summed E-state index contributed by atoms with van der Waals surface area (Å²) in [6.07, 6.45) is 2.10. The Labute approximate surface area is 217 Å². The summed E-state index contributed by atoms with van der Waals surface area (Å²) < 4.78 is 16.2. The molecule has 0 aliphatic carbocycles. The lowest BCUT2D eigenvalue weighted by Gasteiger charge is -2.08. The average Bonchev–Trinajstić information content (AvgIpc) is 2.84. The summed E-state index contributed by atoms with van der Waals surface area (Å²) in [7, 11) is 0. The monoisotopic (exact) mass is 534 g/mol. The molecule has 0 saturated carbocycles. The first-order valence-corrected chi connectivity index (χ1v) is 11.6. The molecule has 182 valence electrons. The summed E-state index contributed by atoms with van der Waals surface area (Å²) in [5.41, 5.74) is 3.08. The standard InChI is InChI=1S/C25H21Cl3N2O5/c26-18-5-10-20(11-6-18)34-16-24(31)30-29-15-17-3-8-21(9-4-17)35-25(32)2-1-13-33-23-12-7-19(27)14-22(23)28/h3-12,14-15H,1-2,13,16H2,(H,30,31)/b29-15+. The molecule has 1 amide bonds. The first-order chi connectivity index (χ1) is 16.9. The summed E-state index contributed by atoms with van der Waals surface area (Å²) in [5, 5.41) is 5.39. The van der Waals surface area contributed by atoms with Gasteiger partial charge >= 0.3 is 5.97 Å². The minimum Gasteiger partial charge on any atom is -0.492 e. The van der Waals surface area contributed by atoms with Gasteiger partial charge in [-0.25, -0.2) is 5.43 Å². The number of carbonyl (C=O) groups is 2. The Balaban J connectivity index is 1.34. The first-order valence-electron chi connectivity index (χ1n) is 10.5. The quantitative estimate of drug-likeness (QED) is 0.108. The second-order valence-corrected chi connectivity index (χ2v) is 8.39. The number of hydrazone groups is 1. The molecule has 3 rings (SSSR count). The van der Waals surface area contributed by atoms with Gasteiger partial charge in [0.1, 0.15) is 17.2 Å². The van der Waals surface area contributed by atoms with E-state index in [2.05, 4.69) is 10.5 Å². The van der Waals surface area contributed by atoms with Crippen LogP contribution < -0.4 is 19.6 Å². The van der Waals surface area contributed by atoms with Crippen molar-refractivity contribution in [3.8, 4) is 17.2 Å². The molecule has 0 fully saturated rings. The van der Waals surface area contributed by atoms with Crippen LogP contribution in [0.25, 0.3) is 0 Å². The van der Waals surface area contributed by atoms with Gasteiger partial charge in [0.2, 0.25) is 0 Å². The number of amides is 1. The fourth-order valence-electron chi connectivity index (χ4n) is 2.69. The summed E-state index contributed by atoms with van der Waals surface area (Å²) >= 11 is 17.7. The molecule has 0 heterocycles. The molecule has 0 aliphatic rings. The molecular weight excluding hydrogens is 515 g/mol. The number of ether oxygens (including phenoxy) is 3. The van der Waals surface area contributed by atoms with Crippen molar-refractivity contribution in [1.29, 1.82) is 0 Å². The molecule has 0 saturated heterocycles. The van der Waals surface area contributed by atoms with Gasteiger partial charge in [-0.05, 0) is 78.7 Å². The van der Waals surface area contributed by atoms with Gasteiger partial charge in [0.25, 0.3) is 5.91 Å². The van der Waals surface area contributed by atoms with Crippen molar-refractivity contribution in [2.24, 2.45) is 5.10 Å². The van der Waals surface area contributed by atoms with E-state index >= 15 is 0 Å². The highest BCUT2D eigenvalue weighted by Crippen LogP contribution is 2.27. The molecular formula is C25H21Cl3N2O5. The van der Waals surface area contributed by atoms with Crippen molar-refractivity contribution in [2.75, 3.05) is 13.2 Å². The fourth-order valence-corrected chi connectivity index (χ4v) is 3.28. The van der Waals surface area contributed by atoms with Crippen LogP contribution >= 0.6 is 34.8 Å². The number of benzene rings is 3. The molecule has 7 nitrogen and oxygen atoms in total. The Morgan fingerprint density at radius 2 is 1.54 bits per heavy atom. The van der Waals surface area contributed by atoms with Crippen molar-refractivity contribution in [1.82, 2.24) is 5.43 Å². The van der Waals surface area contributed by atoms with Gasteiger partial charge in [-0.2, -0.15) is 5.10 Å². The summed E-state index contributed by atoms with van der Waals surface area (Å²) in [6, 6.07) is 18.3. The Morgan fingerprint density at radius 3 is 2.26 bits per heavy atom. The van der Waals surface area contributed by atoms with Crippen molar-refractivity contribution in [3.05, 3.63) is 87.4 Å². The highest BCUT2D eigenvalue weighted by Gasteiger charge is 2.07. The predicted molar refractivity (Wildman–Crippen MR) is 136 cm³/mol. The topological polar surface area (TPSA) is 86.2 Å². The maximum absolute atomic E-state index is 12.0. The fraction of sp³-hybridized carbons (Fsp3) is 0.160. The minimum atomic E-state index is -0.413. The second-order valence-electron chi connectivity index (χ2n) is 7.11. The molecule has 3 aromatic rings. The highest BCUT2D eigenvalue weighted by atomic mass is 35.5. The summed E-state index contributed by atoms with van der Waals surface area (Å²) in [4.78, 5) is 23.8. The number of hydrogen-bond donors (Lipinski definition) is 1. The van der Waals surface area contributed by atoms with Crippen molar-refractivity contribution in [2.45, 2.75) is 12.8 Å². The zero-order chi connectivity index (χ0) is 25.0. The van der Waals surface area contributed by atoms with Crippen molar-refractivity contribution in [3.63, 3.8) is 0 Å². The molecule has 0 spiro atoms. The molecule has 10 heteroatoms. The van der Waals surface area contributed by atoms with Crippen LogP contribution in [0.15, 0.2) is 71.8 Å². The number of rotatable bonds is 11. The van der Waals surface area contributed by atoms with Gasteiger partial charge in [0.15, 0.2) is 6.61 Å². The van der Waals surface area contributed by atoms with E-state index in [0.29, 0.717) is 50.9 Å². The lowest BCUT2D eigenvalue weighted by molar-refractivity contribution is -0.134. The molecule has 35 heavy (non-hydrogen) atoms. The number of hydrogen-bond acceptors (Lipinski definition) is 6. The molecule has 0 radical (unpaired) electrons. The second kappa shape index (κ2) is 13.6. The Hall–Kier alpha value is -3.26. The number of nitrogens with one attached hydrogen (secondary N) is 1. The van der Waals surface area contributed by atoms with E-state index in [1.807, 2.05) is 0 Å². The van der Waals surface area contributed by atoms with Crippen LogP contribution in [0.4, 0.5) is 0 Å². The van der Waals surface area contributed by atoms with Gasteiger partial charge in [-0.1, -0.05) is 34.8 Å². The van der Waals surface area contributed by atoms with Gasteiger partial charge in [-0.3, -0.25) is 9.59 Å². The lowest BCUT2D eigenvalue weighted by atomic mass is 10.2. The summed E-state index contributed by atoms with van der Waals surface area (Å²) in [6.45, 7) is 0.119. The SMILES string of the molecule is O=C(COc1ccc(Cl)cc1)N/N=C/c1ccc(OC(=O)CCCOc2ccc(Cl)cc2Cl)cc1. The maximum Gasteiger partial charge on any atom is 0.311 e. The van der Waals surface area contributed by atoms with E-state index in [1.54, 1.807) is 66.7 Å². The lowest BCUT2D eigenvalue weighted by Crippen LogP contribution is -2.24. The molecule has 0 atom stereocenters. The number of esters is 1. The van der Waals surface area contributed by atoms with Crippen LogP contribution in [0.3, 0.4) is 0 Å². The molecule has 1 N–H and O–H groups in total. The number of carbonyl (C=O) groups excluding carboxylic acids is 2. The van der Waals surface area contributed by atoms with Crippen LogP contribution in [0.1, 0.15) is 18.4 Å². The van der Waals surface area contributed by atoms with E-state index in [-0.39, 0.29) is 19.0 Å². The van der Waals surface area contributed by atoms with E-state index in [0.717, 1.165) is 0 Å². The molecule has 0 unspecified atom stereocenters. The van der Waals surface area contributed by atoms with E-state index in [1.165, 1.54) is 6.21 Å². The molecule has 0 aromatic heterocycles. The van der Waals surface area contributed by atoms with Crippen LogP contribution in [0, 0.1) is 0 Å². The van der Waals surface area contributed by atoms with Crippen LogP contribution in [-0.2, 0) is 9.59 Å². The third-order valence-corrected chi connectivity index (χ3v) is 5.16. The smallest absolute Gasteiger partial charge is 0.311 e. The van der Waals surface area contributed by atoms with Crippen LogP contribution in [-0.4, -0.2) is 31.3 Å². The predicted octanol–water partition coefficient (Wildman–Crippen LogP) is 5.94. The van der Waals surface area contributed by atoms with E-state index < -0.39 is 5.91 Å². The van der Waals surface area contributed by atoms with Gasteiger partial charge in [0, 0.05) is 16.5 Å². The Morgan fingerprint density at radius 1 is 0.857 bits per heavy atom. The number of halogens is 3. The average molecular weight is 536 g/mol. The molecule has 3 aromatic carbocycles. The third kappa shape index (κ3) is 9.48.